The molecule has 1 aliphatic rings. The van der Waals surface area contributed by atoms with Crippen molar-refractivity contribution in [2.75, 3.05) is 37.0 Å². The van der Waals surface area contributed by atoms with Crippen LogP contribution in [0, 0.1) is 0 Å². The molecule has 2 rings (SSSR count). The molecule has 0 spiro atoms. The van der Waals surface area contributed by atoms with Crippen molar-refractivity contribution in [1.29, 1.82) is 0 Å². The Morgan fingerprint density at radius 2 is 2.37 bits per heavy atom. The van der Waals surface area contributed by atoms with Crippen LogP contribution < -0.4 is 10.2 Å². The maximum atomic E-state index is 5.79. The molecule has 1 aromatic rings. The van der Waals surface area contributed by atoms with Crippen molar-refractivity contribution in [2.24, 2.45) is 0 Å². The second-order valence-corrected chi connectivity index (χ2v) is 5.20. The second kappa shape index (κ2) is 7.34. The van der Waals surface area contributed by atoms with E-state index < -0.39 is 0 Å². The van der Waals surface area contributed by atoms with Crippen molar-refractivity contribution in [1.82, 2.24) is 4.98 Å². The van der Waals surface area contributed by atoms with E-state index in [1.54, 1.807) is 0 Å². The number of hydrogen-bond acceptors (Lipinski definition) is 4. The van der Waals surface area contributed by atoms with Crippen LogP contribution in [0.5, 0.6) is 0 Å². The Hall–Kier alpha value is -1.29. The normalized spacial score (nSPS) is 19.2. The molecule has 4 nitrogen and oxygen atoms in total. The Morgan fingerprint density at radius 1 is 1.47 bits per heavy atom. The first kappa shape index (κ1) is 14.1. The first-order valence-corrected chi connectivity index (χ1v) is 7.32. The highest BCUT2D eigenvalue weighted by atomic mass is 16.5. The number of pyridine rings is 1. The summed E-state index contributed by atoms with van der Waals surface area (Å²) in [6, 6.07) is 4.17. The highest BCUT2D eigenvalue weighted by Gasteiger charge is 2.16. The molecule has 4 heteroatoms. The van der Waals surface area contributed by atoms with E-state index in [1.165, 1.54) is 24.9 Å². The smallest absolute Gasteiger partial charge is 0.127 e. The van der Waals surface area contributed by atoms with Gasteiger partial charge < -0.3 is 15.0 Å². The monoisotopic (exact) mass is 263 g/mol. The van der Waals surface area contributed by atoms with E-state index in [0.717, 1.165) is 31.9 Å². The zero-order chi connectivity index (χ0) is 13.5. The molecule has 1 unspecified atom stereocenters. The summed E-state index contributed by atoms with van der Waals surface area (Å²) in [4.78, 5) is 6.60. The quantitative estimate of drug-likeness (QED) is 0.856. The average molecular weight is 263 g/mol. The fourth-order valence-electron chi connectivity index (χ4n) is 2.37. The summed E-state index contributed by atoms with van der Waals surface area (Å²) in [5, 5.41) is 3.32. The van der Waals surface area contributed by atoms with E-state index in [0.29, 0.717) is 6.10 Å². The topological polar surface area (TPSA) is 37.4 Å². The molecule has 0 aliphatic carbocycles. The number of aromatic nitrogens is 1. The van der Waals surface area contributed by atoms with Crippen LogP contribution in [0.2, 0.25) is 0 Å². The van der Waals surface area contributed by atoms with Crippen LogP contribution in [0.25, 0.3) is 0 Å². The number of likely N-dealkylation sites (N-methyl/N-ethyl adjacent to an activating group) is 1. The third-order valence-electron chi connectivity index (χ3n) is 3.49. The van der Waals surface area contributed by atoms with E-state index in [9.17, 15) is 0 Å². The fraction of sp³-hybridized carbons (Fsp3) is 0.667. The molecular weight excluding hydrogens is 238 g/mol. The Morgan fingerprint density at radius 3 is 3.11 bits per heavy atom. The summed E-state index contributed by atoms with van der Waals surface area (Å²) >= 11 is 0. The number of nitrogens with one attached hydrogen (secondary N) is 1. The van der Waals surface area contributed by atoms with Crippen molar-refractivity contribution in [3.05, 3.63) is 18.3 Å². The zero-order valence-electron chi connectivity index (χ0n) is 12.1. The van der Waals surface area contributed by atoms with Gasteiger partial charge in [0.25, 0.3) is 0 Å². The molecule has 106 valence electrons. The zero-order valence-corrected chi connectivity index (χ0v) is 12.1. The van der Waals surface area contributed by atoms with E-state index >= 15 is 0 Å². The van der Waals surface area contributed by atoms with Gasteiger partial charge in [-0.2, -0.15) is 0 Å². The number of nitrogens with zero attached hydrogens (tertiary/aromatic N) is 2. The summed E-state index contributed by atoms with van der Waals surface area (Å²) in [5.74, 6) is 0.954. The lowest BCUT2D eigenvalue weighted by molar-refractivity contribution is 0.0216. The molecule has 0 saturated carbocycles. The molecule has 19 heavy (non-hydrogen) atoms. The van der Waals surface area contributed by atoms with Crippen LogP contribution in [0.1, 0.15) is 32.6 Å². The largest absolute Gasteiger partial charge is 0.376 e. The standard InChI is InChI=1S/C15H25N3O/c1-3-8-16-15-11-13(7-9-17-15)18(2)12-14-6-4-5-10-19-14/h7,9,11,14H,3-6,8,10,12H2,1-2H3,(H,16,17). The van der Waals surface area contributed by atoms with Gasteiger partial charge in [-0.15, -0.1) is 0 Å². The number of ether oxygens (including phenoxy) is 1. The van der Waals surface area contributed by atoms with Gasteiger partial charge in [-0.05, 0) is 31.7 Å². The van der Waals surface area contributed by atoms with Gasteiger partial charge >= 0.3 is 0 Å². The maximum absolute atomic E-state index is 5.79. The average Bonchev–Trinajstić information content (AvgIpc) is 2.46. The highest BCUT2D eigenvalue weighted by molar-refractivity contribution is 5.53. The Balaban J connectivity index is 1.91. The Labute approximate surface area is 116 Å². The van der Waals surface area contributed by atoms with E-state index in [1.807, 2.05) is 6.20 Å². The predicted molar refractivity (Wildman–Crippen MR) is 79.9 cm³/mol. The summed E-state index contributed by atoms with van der Waals surface area (Å²) in [6.07, 6.45) is 7.03. The molecule has 1 atom stereocenters. The summed E-state index contributed by atoms with van der Waals surface area (Å²) < 4.78 is 5.79. The highest BCUT2D eigenvalue weighted by Crippen LogP contribution is 2.19. The Bertz CT molecular complexity index is 377. The van der Waals surface area contributed by atoms with Crippen molar-refractivity contribution in [2.45, 2.75) is 38.7 Å². The third kappa shape index (κ3) is 4.39. The van der Waals surface area contributed by atoms with Crippen LogP contribution >= 0.6 is 0 Å². The molecule has 1 fully saturated rings. The van der Waals surface area contributed by atoms with Crippen LogP contribution in [0.4, 0.5) is 11.5 Å². The van der Waals surface area contributed by atoms with Gasteiger partial charge in [-0.25, -0.2) is 4.98 Å². The second-order valence-electron chi connectivity index (χ2n) is 5.20. The fourth-order valence-corrected chi connectivity index (χ4v) is 2.37. The molecule has 0 radical (unpaired) electrons. The van der Waals surface area contributed by atoms with Crippen LogP contribution in [0.3, 0.4) is 0 Å². The summed E-state index contributed by atoms with van der Waals surface area (Å²) in [6.45, 7) is 4.99. The van der Waals surface area contributed by atoms with Gasteiger partial charge in [0.15, 0.2) is 0 Å². The molecule has 0 bridgehead atoms. The minimum absolute atomic E-state index is 0.374. The lowest BCUT2D eigenvalue weighted by Crippen LogP contribution is -2.33. The lowest BCUT2D eigenvalue weighted by Gasteiger charge is -2.28. The van der Waals surface area contributed by atoms with Crippen molar-refractivity contribution >= 4 is 11.5 Å². The lowest BCUT2D eigenvalue weighted by atomic mass is 10.1. The van der Waals surface area contributed by atoms with E-state index in [-0.39, 0.29) is 0 Å². The number of anilines is 2. The number of hydrogen-bond donors (Lipinski definition) is 1. The molecule has 1 aliphatic heterocycles. The van der Waals surface area contributed by atoms with E-state index in [4.69, 9.17) is 4.74 Å². The van der Waals surface area contributed by atoms with Crippen molar-refractivity contribution in [3.8, 4) is 0 Å². The minimum atomic E-state index is 0.374. The van der Waals surface area contributed by atoms with Gasteiger partial charge in [0.1, 0.15) is 5.82 Å². The predicted octanol–water partition coefficient (Wildman–Crippen LogP) is 2.91. The van der Waals surface area contributed by atoms with Crippen LogP contribution in [0.15, 0.2) is 18.3 Å². The first-order valence-electron chi connectivity index (χ1n) is 7.32. The van der Waals surface area contributed by atoms with Gasteiger partial charge in [0.05, 0.1) is 6.10 Å². The third-order valence-corrected chi connectivity index (χ3v) is 3.49. The minimum Gasteiger partial charge on any atom is -0.376 e. The molecule has 0 aromatic carbocycles. The molecule has 1 N–H and O–H groups in total. The van der Waals surface area contributed by atoms with Gasteiger partial charge in [-0.1, -0.05) is 6.92 Å². The first-order chi connectivity index (χ1) is 9.29. The van der Waals surface area contributed by atoms with E-state index in [2.05, 4.69) is 41.3 Å². The SMILES string of the molecule is CCCNc1cc(N(C)CC2CCCCO2)ccn1. The molecule has 0 amide bonds. The molecule has 2 heterocycles. The summed E-state index contributed by atoms with van der Waals surface area (Å²) in [5.41, 5.74) is 1.20. The Kier molecular flexibility index (Phi) is 5.45. The summed E-state index contributed by atoms with van der Waals surface area (Å²) in [7, 11) is 2.12. The molecular formula is C15H25N3O. The number of rotatable bonds is 6. The van der Waals surface area contributed by atoms with Gasteiger partial charge in [-0.3, -0.25) is 0 Å². The van der Waals surface area contributed by atoms with Crippen LogP contribution in [-0.2, 0) is 4.74 Å². The molecule has 1 aromatic heterocycles. The van der Waals surface area contributed by atoms with Crippen molar-refractivity contribution in [3.63, 3.8) is 0 Å². The maximum Gasteiger partial charge on any atom is 0.127 e. The molecule has 1 saturated heterocycles. The van der Waals surface area contributed by atoms with Crippen LogP contribution in [-0.4, -0.2) is 37.8 Å². The van der Waals surface area contributed by atoms with Crippen molar-refractivity contribution < 1.29 is 4.74 Å². The van der Waals surface area contributed by atoms with Gasteiger partial charge in [0, 0.05) is 44.7 Å². The van der Waals surface area contributed by atoms with Gasteiger partial charge in [0.2, 0.25) is 0 Å².